The molecule has 0 bridgehead atoms. The van der Waals surface area contributed by atoms with Gasteiger partial charge in [-0.2, -0.15) is 0 Å². The van der Waals surface area contributed by atoms with Crippen LogP contribution in [0.4, 0.5) is 0 Å². The molecule has 0 saturated carbocycles. The number of nitrogens with zero attached hydrogens (tertiary/aromatic N) is 2. The molecule has 2 aliphatic rings. The number of likely N-dealkylation sites (tertiary alicyclic amines) is 1. The van der Waals surface area contributed by atoms with Crippen LogP contribution in [0.2, 0.25) is 0 Å². The molecule has 1 aromatic rings. The lowest BCUT2D eigenvalue weighted by atomic mass is 9.91. The summed E-state index contributed by atoms with van der Waals surface area (Å²) in [7, 11) is 0. The highest BCUT2D eigenvalue weighted by molar-refractivity contribution is 6.21. The smallest absolute Gasteiger partial charge is 0.261 e. The van der Waals surface area contributed by atoms with Crippen molar-refractivity contribution in [2.24, 2.45) is 5.92 Å². The normalized spacial score (nSPS) is 25.6. The third-order valence-electron chi connectivity index (χ3n) is 4.91. The van der Waals surface area contributed by atoms with Crippen molar-refractivity contribution < 1.29 is 14.7 Å². The summed E-state index contributed by atoms with van der Waals surface area (Å²) in [4.78, 5) is 28.2. The van der Waals surface area contributed by atoms with Crippen molar-refractivity contribution in [3.63, 3.8) is 0 Å². The van der Waals surface area contributed by atoms with Gasteiger partial charge in [0.05, 0.1) is 17.7 Å². The van der Waals surface area contributed by atoms with Crippen molar-refractivity contribution in [3.05, 3.63) is 35.4 Å². The molecule has 2 aliphatic heterocycles. The maximum Gasteiger partial charge on any atom is 0.261 e. The van der Waals surface area contributed by atoms with E-state index in [9.17, 15) is 14.7 Å². The van der Waals surface area contributed by atoms with Crippen LogP contribution in [-0.2, 0) is 0 Å². The molecule has 0 aliphatic carbocycles. The van der Waals surface area contributed by atoms with E-state index in [1.54, 1.807) is 24.3 Å². The summed E-state index contributed by atoms with van der Waals surface area (Å²) in [6, 6.07) is 7.09. The van der Waals surface area contributed by atoms with Crippen molar-refractivity contribution in [3.8, 4) is 0 Å². The number of aliphatic hydroxyl groups excluding tert-OH is 1. The average molecular weight is 302 g/mol. The fourth-order valence-corrected chi connectivity index (χ4v) is 3.58. The number of rotatable bonds is 4. The van der Waals surface area contributed by atoms with Gasteiger partial charge in [0.1, 0.15) is 0 Å². The van der Waals surface area contributed by atoms with E-state index in [1.165, 1.54) is 4.90 Å². The van der Waals surface area contributed by atoms with Crippen LogP contribution in [0.3, 0.4) is 0 Å². The number of fused-ring (bicyclic) bond motifs is 1. The van der Waals surface area contributed by atoms with Gasteiger partial charge in [0.15, 0.2) is 0 Å². The Labute approximate surface area is 130 Å². The minimum absolute atomic E-state index is 0.128. The average Bonchev–Trinajstić information content (AvgIpc) is 2.77. The fourth-order valence-electron chi connectivity index (χ4n) is 3.58. The van der Waals surface area contributed by atoms with Gasteiger partial charge in [0, 0.05) is 19.1 Å². The van der Waals surface area contributed by atoms with E-state index in [-0.39, 0.29) is 24.5 Å². The molecule has 5 heteroatoms. The van der Waals surface area contributed by atoms with Gasteiger partial charge < -0.3 is 5.11 Å². The van der Waals surface area contributed by atoms with Gasteiger partial charge in [-0.05, 0) is 37.4 Å². The first-order valence-electron chi connectivity index (χ1n) is 7.93. The van der Waals surface area contributed by atoms with Crippen molar-refractivity contribution in [1.82, 2.24) is 9.80 Å². The summed E-state index contributed by atoms with van der Waals surface area (Å²) in [6.07, 6.45) is 2.22. The van der Waals surface area contributed by atoms with E-state index < -0.39 is 0 Å². The first-order valence-corrected chi connectivity index (χ1v) is 7.93. The van der Waals surface area contributed by atoms with Crippen LogP contribution >= 0.6 is 0 Å². The van der Waals surface area contributed by atoms with E-state index in [1.807, 2.05) is 0 Å². The number of carbonyl (C=O) groups is 2. The van der Waals surface area contributed by atoms with Gasteiger partial charge in [0.25, 0.3) is 11.8 Å². The molecular formula is C17H22N2O3. The van der Waals surface area contributed by atoms with Crippen molar-refractivity contribution >= 4 is 11.8 Å². The highest BCUT2D eigenvalue weighted by atomic mass is 16.3. The van der Waals surface area contributed by atoms with Gasteiger partial charge >= 0.3 is 0 Å². The van der Waals surface area contributed by atoms with E-state index in [0.717, 1.165) is 19.4 Å². The molecule has 2 unspecified atom stereocenters. The second-order valence-corrected chi connectivity index (χ2v) is 6.21. The zero-order valence-corrected chi connectivity index (χ0v) is 12.9. The predicted molar refractivity (Wildman–Crippen MR) is 82.7 cm³/mol. The maximum atomic E-state index is 12.3. The molecule has 5 nitrogen and oxygen atoms in total. The summed E-state index contributed by atoms with van der Waals surface area (Å²) < 4.78 is 0. The largest absolute Gasteiger partial charge is 0.395 e. The quantitative estimate of drug-likeness (QED) is 0.854. The zero-order chi connectivity index (χ0) is 15.7. The molecule has 1 aromatic carbocycles. The molecule has 1 fully saturated rings. The number of piperidine rings is 1. The maximum absolute atomic E-state index is 12.3. The highest BCUT2D eigenvalue weighted by Gasteiger charge is 2.36. The summed E-state index contributed by atoms with van der Waals surface area (Å²) in [5, 5.41) is 9.58. The summed E-state index contributed by atoms with van der Waals surface area (Å²) in [5.41, 5.74) is 0.997. The minimum atomic E-state index is -0.203. The summed E-state index contributed by atoms with van der Waals surface area (Å²) in [6.45, 7) is 4.20. The number of imide groups is 1. The predicted octanol–water partition coefficient (Wildman–Crippen LogP) is 1.38. The molecule has 22 heavy (non-hydrogen) atoms. The Morgan fingerprint density at radius 3 is 2.36 bits per heavy atom. The second kappa shape index (κ2) is 6.18. The molecule has 2 atom stereocenters. The lowest BCUT2D eigenvalue weighted by Gasteiger charge is -2.39. The molecule has 2 amide bonds. The Morgan fingerprint density at radius 1 is 1.14 bits per heavy atom. The molecule has 0 aromatic heterocycles. The number of benzene rings is 1. The Morgan fingerprint density at radius 2 is 1.77 bits per heavy atom. The van der Waals surface area contributed by atoms with Crippen LogP contribution in [0, 0.1) is 5.92 Å². The van der Waals surface area contributed by atoms with E-state index in [4.69, 9.17) is 0 Å². The molecule has 1 saturated heterocycles. The number of hydrogen-bond donors (Lipinski definition) is 1. The SMILES string of the molecule is CC1CCCN(CCN2C(=O)c3ccccc3C2=O)C1CO. The number of amides is 2. The highest BCUT2D eigenvalue weighted by Crippen LogP contribution is 2.25. The molecular weight excluding hydrogens is 280 g/mol. The Kier molecular flexibility index (Phi) is 4.27. The lowest BCUT2D eigenvalue weighted by molar-refractivity contribution is 0.0412. The van der Waals surface area contributed by atoms with Gasteiger partial charge in [0.2, 0.25) is 0 Å². The van der Waals surface area contributed by atoms with Crippen molar-refractivity contribution in [2.45, 2.75) is 25.8 Å². The molecule has 0 spiro atoms. The lowest BCUT2D eigenvalue weighted by Crippen LogP contribution is -2.49. The van der Waals surface area contributed by atoms with Crippen molar-refractivity contribution in [2.75, 3.05) is 26.2 Å². The van der Waals surface area contributed by atoms with Gasteiger partial charge in [-0.15, -0.1) is 0 Å². The fraction of sp³-hybridized carbons (Fsp3) is 0.529. The number of aliphatic hydroxyl groups is 1. The van der Waals surface area contributed by atoms with Crippen LogP contribution in [0.5, 0.6) is 0 Å². The molecule has 3 rings (SSSR count). The molecule has 2 heterocycles. The van der Waals surface area contributed by atoms with Crippen LogP contribution < -0.4 is 0 Å². The van der Waals surface area contributed by atoms with Crippen LogP contribution in [0.1, 0.15) is 40.5 Å². The standard InChI is InChI=1S/C17H22N2O3/c1-12-5-4-8-18(15(12)11-20)9-10-19-16(21)13-6-2-3-7-14(13)17(19)22/h2-3,6-7,12,15,20H,4-5,8-11H2,1H3. The summed E-state index contributed by atoms with van der Waals surface area (Å²) in [5.74, 6) is 0.0401. The van der Waals surface area contributed by atoms with Gasteiger partial charge in [-0.3, -0.25) is 19.4 Å². The van der Waals surface area contributed by atoms with E-state index >= 15 is 0 Å². The second-order valence-electron chi connectivity index (χ2n) is 6.21. The first kappa shape index (κ1) is 15.2. The molecule has 0 radical (unpaired) electrons. The Balaban J connectivity index is 1.67. The summed E-state index contributed by atoms with van der Waals surface area (Å²) >= 11 is 0. The van der Waals surface area contributed by atoms with Crippen LogP contribution in [-0.4, -0.2) is 59.0 Å². The van der Waals surface area contributed by atoms with Crippen molar-refractivity contribution in [1.29, 1.82) is 0 Å². The van der Waals surface area contributed by atoms with Crippen LogP contribution in [0.25, 0.3) is 0 Å². The zero-order valence-electron chi connectivity index (χ0n) is 12.9. The van der Waals surface area contributed by atoms with Gasteiger partial charge in [-0.1, -0.05) is 19.1 Å². The molecule has 118 valence electrons. The van der Waals surface area contributed by atoms with Gasteiger partial charge in [-0.25, -0.2) is 0 Å². The van der Waals surface area contributed by atoms with E-state index in [2.05, 4.69) is 11.8 Å². The topological polar surface area (TPSA) is 60.9 Å². The number of hydrogen-bond acceptors (Lipinski definition) is 4. The Hall–Kier alpha value is -1.72. The first-order chi connectivity index (χ1) is 10.6. The number of carbonyl (C=O) groups excluding carboxylic acids is 2. The third kappa shape index (κ3) is 2.55. The van der Waals surface area contributed by atoms with Crippen LogP contribution in [0.15, 0.2) is 24.3 Å². The minimum Gasteiger partial charge on any atom is -0.395 e. The Bertz CT molecular complexity index is 552. The molecule has 1 N–H and O–H groups in total. The monoisotopic (exact) mass is 302 g/mol. The van der Waals surface area contributed by atoms with E-state index in [0.29, 0.717) is 30.1 Å². The third-order valence-corrected chi connectivity index (χ3v) is 4.91.